The zero-order valence-electron chi connectivity index (χ0n) is 12.8. The van der Waals surface area contributed by atoms with Crippen LogP contribution in [-0.2, 0) is 6.42 Å². The first-order valence-electron chi connectivity index (χ1n) is 8.39. The van der Waals surface area contributed by atoms with E-state index >= 15 is 0 Å². The van der Waals surface area contributed by atoms with Gasteiger partial charge in [0, 0.05) is 18.8 Å². The molecule has 0 radical (unpaired) electrons. The lowest BCUT2D eigenvalue weighted by molar-refractivity contribution is 0.157. The molecule has 0 aliphatic carbocycles. The Hall–Kier alpha value is -1.02. The summed E-state index contributed by atoms with van der Waals surface area (Å²) in [6, 6.07) is 8.79. The van der Waals surface area contributed by atoms with Crippen LogP contribution in [0.25, 0.3) is 0 Å². The highest BCUT2D eigenvalue weighted by Gasteiger charge is 2.23. The first-order chi connectivity index (χ1) is 9.85. The molecule has 0 spiro atoms. The van der Waals surface area contributed by atoms with Crippen molar-refractivity contribution >= 4 is 5.69 Å². The van der Waals surface area contributed by atoms with Gasteiger partial charge in [-0.05, 0) is 55.8 Å². The number of piperidine rings is 1. The first-order valence-corrected chi connectivity index (χ1v) is 8.39. The highest BCUT2D eigenvalue weighted by Crippen LogP contribution is 2.27. The fraction of sp³-hybridized carbons (Fsp3) is 0.667. The molecule has 1 fully saturated rings. The number of hydrogen-bond acceptors (Lipinski definition) is 2. The van der Waals surface area contributed by atoms with E-state index in [1.807, 2.05) is 0 Å². The Balaban J connectivity index is 1.48. The Morgan fingerprint density at radius 1 is 1.15 bits per heavy atom. The van der Waals surface area contributed by atoms with Crippen LogP contribution in [0.2, 0.25) is 0 Å². The van der Waals surface area contributed by atoms with Crippen molar-refractivity contribution in [1.29, 1.82) is 0 Å². The number of hydrogen-bond donors (Lipinski definition) is 1. The van der Waals surface area contributed by atoms with E-state index in [2.05, 4.69) is 41.4 Å². The van der Waals surface area contributed by atoms with Crippen LogP contribution in [0.4, 0.5) is 5.69 Å². The maximum absolute atomic E-state index is 3.60. The molecular weight excluding hydrogens is 244 g/mol. The van der Waals surface area contributed by atoms with Gasteiger partial charge in [-0.15, -0.1) is 0 Å². The molecule has 2 heteroatoms. The molecule has 1 atom stereocenters. The fourth-order valence-electron chi connectivity index (χ4n) is 3.87. The third kappa shape index (κ3) is 3.35. The van der Waals surface area contributed by atoms with Crippen LogP contribution < -0.4 is 5.32 Å². The number of benzene rings is 1. The van der Waals surface area contributed by atoms with Crippen LogP contribution in [-0.4, -0.2) is 31.1 Å². The van der Waals surface area contributed by atoms with Crippen molar-refractivity contribution in [2.24, 2.45) is 11.8 Å². The van der Waals surface area contributed by atoms with Crippen LogP contribution >= 0.6 is 0 Å². The summed E-state index contributed by atoms with van der Waals surface area (Å²) in [5.74, 6) is 1.79. The third-order valence-electron chi connectivity index (χ3n) is 5.03. The van der Waals surface area contributed by atoms with E-state index in [9.17, 15) is 0 Å². The zero-order chi connectivity index (χ0) is 13.8. The second kappa shape index (κ2) is 6.62. The Labute approximate surface area is 123 Å². The summed E-state index contributed by atoms with van der Waals surface area (Å²) in [4.78, 5) is 2.70. The predicted octanol–water partition coefficient (Wildman–Crippen LogP) is 3.78. The van der Waals surface area contributed by atoms with Crippen LogP contribution in [0.1, 0.15) is 38.2 Å². The summed E-state index contributed by atoms with van der Waals surface area (Å²) in [5, 5.41) is 3.60. The Bertz CT molecular complexity index is 421. The monoisotopic (exact) mass is 272 g/mol. The Morgan fingerprint density at radius 2 is 1.95 bits per heavy atom. The first kappa shape index (κ1) is 13.9. The van der Waals surface area contributed by atoms with Crippen LogP contribution in [0.3, 0.4) is 0 Å². The van der Waals surface area contributed by atoms with Crippen molar-refractivity contribution in [2.75, 3.05) is 31.5 Å². The van der Waals surface area contributed by atoms with Crippen molar-refractivity contribution in [1.82, 2.24) is 4.90 Å². The molecule has 0 saturated carbocycles. The van der Waals surface area contributed by atoms with E-state index in [0.29, 0.717) is 0 Å². The normalized spacial score (nSPS) is 24.1. The summed E-state index contributed by atoms with van der Waals surface area (Å²) in [5.41, 5.74) is 2.86. The van der Waals surface area contributed by atoms with Gasteiger partial charge in [-0.1, -0.05) is 38.0 Å². The average molecular weight is 272 g/mol. The summed E-state index contributed by atoms with van der Waals surface area (Å²) in [6.07, 6.45) is 6.88. The fourth-order valence-corrected chi connectivity index (χ4v) is 3.87. The average Bonchev–Trinajstić information content (AvgIpc) is 2.49. The molecule has 1 aromatic carbocycles. The van der Waals surface area contributed by atoms with E-state index in [1.54, 1.807) is 0 Å². The van der Waals surface area contributed by atoms with Crippen molar-refractivity contribution in [3.8, 4) is 0 Å². The molecule has 1 N–H and O–H groups in total. The van der Waals surface area contributed by atoms with Gasteiger partial charge in [-0.2, -0.15) is 0 Å². The van der Waals surface area contributed by atoms with Crippen molar-refractivity contribution in [2.45, 2.75) is 39.0 Å². The topological polar surface area (TPSA) is 15.3 Å². The standard InChI is InChI=1S/C18H28N2/c1-2-5-15-8-10-20(11-9-15)14-16-12-17-6-3-4-7-18(17)19-13-16/h3-4,6-7,15-16,19H,2,5,8-14H2,1H3. The number of para-hydroxylation sites is 1. The van der Waals surface area contributed by atoms with Crippen molar-refractivity contribution in [3.05, 3.63) is 29.8 Å². The highest BCUT2D eigenvalue weighted by atomic mass is 15.1. The predicted molar refractivity (Wildman–Crippen MR) is 86.2 cm³/mol. The minimum Gasteiger partial charge on any atom is -0.384 e. The molecule has 2 aliphatic rings. The lowest BCUT2D eigenvalue weighted by Gasteiger charge is -2.36. The number of fused-ring (bicyclic) bond motifs is 1. The summed E-state index contributed by atoms with van der Waals surface area (Å²) >= 11 is 0. The van der Waals surface area contributed by atoms with Crippen LogP contribution in [0.5, 0.6) is 0 Å². The van der Waals surface area contributed by atoms with Gasteiger partial charge in [0.25, 0.3) is 0 Å². The molecule has 2 heterocycles. The van der Waals surface area contributed by atoms with Crippen LogP contribution in [0, 0.1) is 11.8 Å². The van der Waals surface area contributed by atoms with Crippen LogP contribution in [0.15, 0.2) is 24.3 Å². The number of nitrogens with zero attached hydrogens (tertiary/aromatic N) is 1. The van der Waals surface area contributed by atoms with E-state index in [4.69, 9.17) is 0 Å². The van der Waals surface area contributed by atoms with Gasteiger partial charge in [0.05, 0.1) is 0 Å². The minimum atomic E-state index is 0.785. The molecule has 1 aromatic rings. The van der Waals surface area contributed by atoms with Gasteiger partial charge in [-0.25, -0.2) is 0 Å². The van der Waals surface area contributed by atoms with Crippen molar-refractivity contribution in [3.63, 3.8) is 0 Å². The molecule has 110 valence electrons. The minimum absolute atomic E-state index is 0.785. The number of anilines is 1. The van der Waals surface area contributed by atoms with E-state index in [-0.39, 0.29) is 0 Å². The highest BCUT2D eigenvalue weighted by molar-refractivity contribution is 5.53. The second-order valence-corrected chi connectivity index (χ2v) is 6.64. The van der Waals surface area contributed by atoms with E-state index in [1.165, 1.54) is 63.0 Å². The Morgan fingerprint density at radius 3 is 2.75 bits per heavy atom. The molecular formula is C18H28N2. The molecule has 2 aliphatic heterocycles. The van der Waals surface area contributed by atoms with Gasteiger partial charge in [0.2, 0.25) is 0 Å². The van der Waals surface area contributed by atoms with Crippen molar-refractivity contribution < 1.29 is 0 Å². The molecule has 3 rings (SSSR count). The van der Waals surface area contributed by atoms with Gasteiger partial charge < -0.3 is 10.2 Å². The van der Waals surface area contributed by atoms with Gasteiger partial charge in [0.1, 0.15) is 0 Å². The number of rotatable bonds is 4. The van der Waals surface area contributed by atoms with E-state index < -0.39 is 0 Å². The summed E-state index contributed by atoms with van der Waals surface area (Å²) in [6.45, 7) is 7.38. The summed E-state index contributed by atoms with van der Waals surface area (Å²) in [7, 11) is 0. The molecule has 1 saturated heterocycles. The van der Waals surface area contributed by atoms with Gasteiger partial charge in [-0.3, -0.25) is 0 Å². The lowest BCUT2D eigenvalue weighted by Crippen LogP contribution is -2.40. The lowest BCUT2D eigenvalue weighted by atomic mass is 9.90. The Kier molecular flexibility index (Phi) is 4.62. The molecule has 0 aromatic heterocycles. The number of nitrogens with one attached hydrogen (secondary N) is 1. The largest absolute Gasteiger partial charge is 0.384 e. The maximum Gasteiger partial charge on any atom is 0.0372 e. The van der Waals surface area contributed by atoms with Gasteiger partial charge in [0.15, 0.2) is 0 Å². The third-order valence-corrected chi connectivity index (χ3v) is 5.03. The smallest absolute Gasteiger partial charge is 0.0372 e. The molecule has 20 heavy (non-hydrogen) atoms. The maximum atomic E-state index is 3.60. The molecule has 0 amide bonds. The zero-order valence-corrected chi connectivity index (χ0v) is 12.8. The SMILES string of the molecule is CCCC1CCN(CC2CNc3ccccc3C2)CC1. The quantitative estimate of drug-likeness (QED) is 0.897. The second-order valence-electron chi connectivity index (χ2n) is 6.64. The van der Waals surface area contributed by atoms with E-state index in [0.717, 1.165) is 18.4 Å². The number of likely N-dealkylation sites (tertiary alicyclic amines) is 1. The molecule has 0 bridgehead atoms. The summed E-state index contributed by atoms with van der Waals surface area (Å²) < 4.78 is 0. The molecule has 2 nitrogen and oxygen atoms in total. The molecule has 1 unspecified atom stereocenters. The van der Waals surface area contributed by atoms with Gasteiger partial charge >= 0.3 is 0 Å².